The Kier molecular flexibility index (Phi) is 7.94. The first-order valence-electron chi connectivity index (χ1n) is 13.7. The average molecular weight is 622 g/mol. The summed E-state index contributed by atoms with van der Waals surface area (Å²) in [7, 11) is 0. The van der Waals surface area contributed by atoms with Crippen molar-refractivity contribution < 1.29 is 19.5 Å². The lowest BCUT2D eigenvalue weighted by Crippen LogP contribution is -2.49. The van der Waals surface area contributed by atoms with Crippen molar-refractivity contribution in [3.63, 3.8) is 0 Å². The number of thiocarbonyl (C=S) groups is 1. The molecule has 212 valence electrons. The second-order valence-electron chi connectivity index (χ2n) is 11.6. The van der Waals surface area contributed by atoms with Crippen LogP contribution in [0.4, 0.5) is 5.69 Å². The van der Waals surface area contributed by atoms with Crippen LogP contribution in [0.25, 0.3) is 11.3 Å². The molecule has 40 heavy (non-hydrogen) atoms. The van der Waals surface area contributed by atoms with Gasteiger partial charge in [-0.3, -0.25) is 0 Å². The van der Waals surface area contributed by atoms with Crippen LogP contribution in [0.2, 0.25) is 15.1 Å². The Morgan fingerprint density at radius 1 is 1.02 bits per heavy atom. The minimum absolute atomic E-state index is 0.0584. The Labute approximate surface area is 253 Å². The van der Waals surface area contributed by atoms with Crippen molar-refractivity contribution in [3.8, 4) is 11.3 Å². The highest BCUT2D eigenvalue weighted by Crippen LogP contribution is 2.58. The summed E-state index contributed by atoms with van der Waals surface area (Å²) >= 11 is 25.3. The molecule has 4 saturated carbocycles. The van der Waals surface area contributed by atoms with Crippen molar-refractivity contribution in [1.29, 1.82) is 0 Å². The fourth-order valence-electron chi connectivity index (χ4n) is 6.29. The Morgan fingerprint density at radius 2 is 1.70 bits per heavy atom. The van der Waals surface area contributed by atoms with E-state index >= 15 is 0 Å². The van der Waals surface area contributed by atoms with Gasteiger partial charge in [0.25, 0.3) is 0 Å². The number of benzene rings is 2. The van der Waals surface area contributed by atoms with Crippen LogP contribution >= 0.6 is 47.0 Å². The van der Waals surface area contributed by atoms with Gasteiger partial charge in [0.15, 0.2) is 6.29 Å². The number of halogens is 3. The lowest BCUT2D eigenvalue weighted by molar-refractivity contribution is -0.0463. The molecule has 3 aromatic rings. The van der Waals surface area contributed by atoms with Crippen molar-refractivity contribution in [2.75, 3.05) is 11.9 Å². The summed E-state index contributed by atoms with van der Waals surface area (Å²) in [6.45, 7) is 1.08. The van der Waals surface area contributed by atoms with E-state index in [-0.39, 0.29) is 10.8 Å². The number of hydrogen-bond acceptors (Lipinski definition) is 6. The van der Waals surface area contributed by atoms with Crippen LogP contribution in [-0.2, 0) is 11.3 Å². The van der Waals surface area contributed by atoms with E-state index in [0.717, 1.165) is 67.7 Å². The number of rotatable bonds is 9. The van der Waals surface area contributed by atoms with Crippen LogP contribution in [0.3, 0.4) is 0 Å². The first-order valence-corrected chi connectivity index (χ1v) is 15.2. The quantitative estimate of drug-likeness (QED) is 0.163. The van der Waals surface area contributed by atoms with Crippen molar-refractivity contribution in [3.05, 3.63) is 68.4 Å². The Morgan fingerprint density at radius 3 is 2.30 bits per heavy atom. The molecule has 0 atom stereocenters. The van der Waals surface area contributed by atoms with Gasteiger partial charge in [0.2, 0.25) is 0 Å². The predicted molar refractivity (Wildman–Crippen MR) is 161 cm³/mol. The standard InChI is InChI=1S/C30H31Cl3N2O4S/c31-20-2-1-3-21(32)24(20)25-19(26(39-35-25)17-4-5-17)15-38-16-29-8-11-30(12-9-29,13-10-29)28(40)34-23-7-6-18(27(36)37)14-22(23)33/h1-3,6-7,14,17,27,36-37H,4-5,8-13,15-16H2,(H,34,40). The first-order chi connectivity index (χ1) is 19.2. The van der Waals surface area contributed by atoms with E-state index in [1.165, 1.54) is 0 Å². The molecule has 0 saturated heterocycles. The molecule has 10 heteroatoms. The first kappa shape index (κ1) is 28.4. The zero-order valence-corrected chi connectivity index (χ0v) is 25.0. The average Bonchev–Trinajstić information content (AvgIpc) is 3.71. The fourth-order valence-corrected chi connectivity index (χ4v) is 7.52. The SMILES string of the molecule is OC(O)c1ccc(NC(=S)C23CCC(COCc4c(-c5c(Cl)cccc5Cl)noc4C4CC4)(CC2)CC3)c(Cl)c1. The highest BCUT2D eigenvalue weighted by Gasteiger charge is 2.51. The number of aliphatic hydroxyl groups excluding tert-OH is 1. The molecule has 6 nitrogen and oxygen atoms in total. The lowest BCUT2D eigenvalue weighted by Gasteiger charge is -2.53. The zero-order valence-electron chi connectivity index (χ0n) is 21.9. The van der Waals surface area contributed by atoms with Crippen LogP contribution in [-0.4, -0.2) is 27.0 Å². The predicted octanol–water partition coefficient (Wildman–Crippen LogP) is 8.46. The number of anilines is 1. The smallest absolute Gasteiger partial charge is 0.178 e. The van der Waals surface area contributed by atoms with E-state index in [2.05, 4.69) is 10.5 Å². The molecule has 0 radical (unpaired) electrons. The maximum absolute atomic E-state index is 9.40. The molecular weight excluding hydrogens is 591 g/mol. The summed E-state index contributed by atoms with van der Waals surface area (Å²) in [5.74, 6) is 1.28. The Balaban J connectivity index is 1.10. The molecule has 0 amide bonds. The number of aliphatic hydroxyl groups is 2. The van der Waals surface area contributed by atoms with Gasteiger partial charge in [0.1, 0.15) is 11.5 Å². The van der Waals surface area contributed by atoms with Gasteiger partial charge in [0.05, 0.1) is 39.0 Å². The molecule has 1 aromatic heterocycles. The maximum atomic E-state index is 9.40. The number of fused-ring (bicyclic) bond motifs is 3. The highest BCUT2D eigenvalue weighted by molar-refractivity contribution is 7.80. The monoisotopic (exact) mass is 620 g/mol. The van der Waals surface area contributed by atoms with E-state index in [0.29, 0.717) is 56.7 Å². The Bertz CT molecular complexity index is 1390. The largest absolute Gasteiger partial charge is 0.376 e. The van der Waals surface area contributed by atoms with Gasteiger partial charge in [-0.05, 0) is 81.0 Å². The van der Waals surface area contributed by atoms with Crippen LogP contribution < -0.4 is 5.32 Å². The van der Waals surface area contributed by atoms with Crippen molar-refractivity contribution >= 4 is 57.7 Å². The van der Waals surface area contributed by atoms with Gasteiger partial charge < -0.3 is 24.8 Å². The summed E-state index contributed by atoms with van der Waals surface area (Å²) in [6, 6.07) is 10.4. The molecule has 4 aliphatic rings. The molecule has 0 aliphatic heterocycles. The minimum atomic E-state index is -1.56. The van der Waals surface area contributed by atoms with E-state index in [4.69, 9.17) is 56.3 Å². The molecule has 4 aliphatic carbocycles. The molecule has 0 spiro atoms. The van der Waals surface area contributed by atoms with Gasteiger partial charge >= 0.3 is 0 Å². The van der Waals surface area contributed by atoms with Crippen molar-refractivity contribution in [1.82, 2.24) is 5.16 Å². The lowest BCUT2D eigenvalue weighted by atomic mass is 9.54. The topological polar surface area (TPSA) is 87.8 Å². The summed E-state index contributed by atoms with van der Waals surface area (Å²) in [6.07, 6.45) is 6.74. The van der Waals surface area contributed by atoms with Crippen molar-refractivity contribution in [2.45, 2.75) is 70.2 Å². The normalized spacial score (nSPS) is 24.1. The number of nitrogens with one attached hydrogen (secondary N) is 1. The molecule has 0 unspecified atom stereocenters. The van der Waals surface area contributed by atoms with Crippen molar-refractivity contribution in [2.24, 2.45) is 10.8 Å². The van der Waals surface area contributed by atoms with Gasteiger partial charge in [-0.25, -0.2) is 0 Å². The minimum Gasteiger partial charge on any atom is -0.376 e. The molecule has 1 heterocycles. The van der Waals surface area contributed by atoms with Crippen LogP contribution in [0.1, 0.15) is 80.5 Å². The van der Waals surface area contributed by atoms with Gasteiger partial charge in [-0.15, -0.1) is 0 Å². The van der Waals surface area contributed by atoms with Gasteiger partial charge in [0, 0.05) is 28.0 Å². The fraction of sp³-hybridized carbons (Fsp3) is 0.467. The summed E-state index contributed by atoms with van der Waals surface area (Å²) < 4.78 is 12.2. The zero-order chi connectivity index (χ0) is 28.1. The van der Waals surface area contributed by atoms with Gasteiger partial charge in [-0.1, -0.05) is 64.3 Å². The molecule has 2 aromatic carbocycles. The van der Waals surface area contributed by atoms with Crippen LogP contribution in [0.15, 0.2) is 40.9 Å². The molecule has 3 N–H and O–H groups in total. The van der Waals surface area contributed by atoms with E-state index in [9.17, 15) is 10.2 Å². The third-order valence-electron chi connectivity index (χ3n) is 9.04. The third kappa shape index (κ3) is 5.42. The number of hydrogen-bond donors (Lipinski definition) is 3. The van der Waals surface area contributed by atoms with E-state index in [1.54, 1.807) is 18.2 Å². The second-order valence-corrected chi connectivity index (χ2v) is 13.2. The molecular formula is C30H31Cl3N2O4S. The third-order valence-corrected chi connectivity index (χ3v) is 10.5. The van der Waals surface area contributed by atoms with E-state index < -0.39 is 6.29 Å². The van der Waals surface area contributed by atoms with E-state index in [1.807, 2.05) is 18.2 Å². The van der Waals surface area contributed by atoms with Crippen LogP contribution in [0, 0.1) is 10.8 Å². The number of aromatic nitrogens is 1. The number of nitrogens with zero attached hydrogens (tertiary/aromatic N) is 1. The summed E-state index contributed by atoms with van der Waals surface area (Å²) in [5, 5.41) is 28.0. The van der Waals surface area contributed by atoms with Gasteiger partial charge in [-0.2, -0.15) is 0 Å². The number of ether oxygens (including phenoxy) is 1. The molecule has 2 bridgehead atoms. The second kappa shape index (κ2) is 11.2. The summed E-state index contributed by atoms with van der Waals surface area (Å²) in [5.41, 5.74) is 3.43. The Hall–Kier alpha value is -1.71. The molecule has 7 rings (SSSR count). The highest BCUT2D eigenvalue weighted by atomic mass is 35.5. The summed E-state index contributed by atoms with van der Waals surface area (Å²) in [4.78, 5) is 0.806. The molecule has 4 fully saturated rings. The maximum Gasteiger partial charge on any atom is 0.178 e. The van der Waals surface area contributed by atoms with Crippen LogP contribution in [0.5, 0.6) is 0 Å².